The maximum Gasteiger partial charge on any atom is 0.407 e. The Morgan fingerprint density at radius 3 is 2.42 bits per heavy atom. The third kappa shape index (κ3) is 3.70. The van der Waals surface area contributed by atoms with Crippen LogP contribution in [-0.2, 0) is 6.54 Å². The molecule has 0 bridgehead atoms. The van der Waals surface area contributed by atoms with Crippen LogP contribution in [0.4, 0.5) is 4.79 Å². The summed E-state index contributed by atoms with van der Waals surface area (Å²) in [6.45, 7) is 2.24. The van der Waals surface area contributed by atoms with Crippen molar-refractivity contribution in [3.63, 3.8) is 0 Å². The van der Waals surface area contributed by atoms with Crippen molar-refractivity contribution in [2.45, 2.75) is 50.8 Å². The number of hydrogen-bond donors (Lipinski definition) is 2. The fourth-order valence-electron chi connectivity index (χ4n) is 2.67. The minimum absolute atomic E-state index is 0.0120. The van der Waals surface area contributed by atoms with E-state index < -0.39 is 11.7 Å². The van der Waals surface area contributed by atoms with Crippen molar-refractivity contribution < 1.29 is 15.0 Å². The van der Waals surface area contributed by atoms with Gasteiger partial charge in [-0.25, -0.2) is 4.79 Å². The minimum atomic E-state index is -0.879. The Labute approximate surface area is 113 Å². The van der Waals surface area contributed by atoms with Crippen molar-refractivity contribution in [1.29, 1.82) is 0 Å². The van der Waals surface area contributed by atoms with Crippen LogP contribution in [-0.4, -0.2) is 32.8 Å². The molecule has 1 aliphatic carbocycles. The molecule has 4 nitrogen and oxygen atoms in total. The highest BCUT2D eigenvalue weighted by atomic mass is 16.4. The first-order valence-electron chi connectivity index (χ1n) is 6.74. The van der Waals surface area contributed by atoms with Crippen LogP contribution in [0.2, 0.25) is 0 Å². The van der Waals surface area contributed by atoms with Gasteiger partial charge >= 0.3 is 6.09 Å². The molecule has 1 aliphatic rings. The van der Waals surface area contributed by atoms with E-state index >= 15 is 0 Å². The summed E-state index contributed by atoms with van der Waals surface area (Å²) >= 11 is 0. The standard InChI is InChI=1S/C15H21NO3/c1-15(19)9-7-13(8-10-15)16(14(17)18)11-12-5-3-2-4-6-12/h2-6,13,19H,7-11H2,1H3,(H,17,18)/t13-,15-. The lowest BCUT2D eigenvalue weighted by atomic mass is 9.83. The summed E-state index contributed by atoms with van der Waals surface area (Å²) in [6, 6.07) is 9.65. The van der Waals surface area contributed by atoms with Crippen molar-refractivity contribution >= 4 is 6.09 Å². The summed E-state index contributed by atoms with van der Waals surface area (Å²) in [4.78, 5) is 12.9. The Kier molecular flexibility index (Phi) is 4.10. The first-order chi connectivity index (χ1) is 8.98. The summed E-state index contributed by atoms with van der Waals surface area (Å²) in [5.41, 5.74) is 0.371. The number of nitrogens with zero attached hydrogens (tertiary/aromatic N) is 1. The first kappa shape index (κ1) is 13.9. The van der Waals surface area contributed by atoms with E-state index in [1.807, 2.05) is 37.3 Å². The van der Waals surface area contributed by atoms with Gasteiger partial charge in [-0.2, -0.15) is 0 Å². The summed E-state index contributed by atoms with van der Waals surface area (Å²) in [5, 5.41) is 19.3. The number of aliphatic hydroxyl groups is 1. The van der Waals surface area contributed by atoms with Gasteiger partial charge in [-0.15, -0.1) is 0 Å². The molecule has 4 heteroatoms. The zero-order chi connectivity index (χ0) is 13.9. The quantitative estimate of drug-likeness (QED) is 0.881. The molecular formula is C15H21NO3. The number of benzene rings is 1. The highest BCUT2D eigenvalue weighted by Gasteiger charge is 2.33. The van der Waals surface area contributed by atoms with E-state index in [2.05, 4.69) is 0 Å². The van der Waals surface area contributed by atoms with Gasteiger partial charge in [0.15, 0.2) is 0 Å². The Balaban J connectivity index is 2.03. The average Bonchev–Trinajstić information content (AvgIpc) is 2.37. The number of rotatable bonds is 3. The van der Waals surface area contributed by atoms with Crippen LogP contribution >= 0.6 is 0 Å². The fourth-order valence-corrected chi connectivity index (χ4v) is 2.67. The Hall–Kier alpha value is -1.55. The van der Waals surface area contributed by atoms with Crippen LogP contribution in [0.25, 0.3) is 0 Å². The van der Waals surface area contributed by atoms with Crippen LogP contribution in [0.1, 0.15) is 38.2 Å². The normalized spacial score (nSPS) is 26.9. The topological polar surface area (TPSA) is 60.8 Å². The smallest absolute Gasteiger partial charge is 0.407 e. The Bertz CT molecular complexity index is 420. The van der Waals surface area contributed by atoms with E-state index in [4.69, 9.17) is 0 Å². The second-order valence-corrected chi connectivity index (χ2v) is 5.62. The zero-order valence-electron chi connectivity index (χ0n) is 11.2. The van der Waals surface area contributed by atoms with E-state index in [0.717, 1.165) is 18.4 Å². The molecule has 0 radical (unpaired) electrons. The van der Waals surface area contributed by atoms with Gasteiger partial charge in [-0.05, 0) is 38.2 Å². The predicted molar refractivity (Wildman–Crippen MR) is 72.9 cm³/mol. The molecule has 0 saturated heterocycles. The van der Waals surface area contributed by atoms with E-state index in [1.54, 1.807) is 0 Å². The van der Waals surface area contributed by atoms with E-state index in [9.17, 15) is 15.0 Å². The molecule has 0 aromatic heterocycles. The number of amides is 1. The lowest BCUT2D eigenvalue weighted by molar-refractivity contribution is -0.00433. The van der Waals surface area contributed by atoms with Crippen molar-refractivity contribution in [1.82, 2.24) is 4.90 Å². The van der Waals surface area contributed by atoms with Crippen molar-refractivity contribution in [2.24, 2.45) is 0 Å². The number of hydrogen-bond acceptors (Lipinski definition) is 2. The molecule has 1 fully saturated rings. The summed E-state index contributed by atoms with van der Waals surface area (Å²) in [7, 11) is 0. The zero-order valence-corrected chi connectivity index (χ0v) is 11.2. The molecule has 1 aromatic carbocycles. The van der Waals surface area contributed by atoms with Gasteiger partial charge in [0.1, 0.15) is 0 Å². The lowest BCUT2D eigenvalue weighted by Gasteiger charge is -2.38. The molecule has 1 aromatic rings. The molecule has 0 aliphatic heterocycles. The van der Waals surface area contributed by atoms with Crippen LogP contribution in [0.5, 0.6) is 0 Å². The van der Waals surface area contributed by atoms with Crippen molar-refractivity contribution in [3.05, 3.63) is 35.9 Å². The van der Waals surface area contributed by atoms with Gasteiger partial charge < -0.3 is 15.1 Å². The second kappa shape index (κ2) is 5.61. The number of carboxylic acid groups (broad SMARTS) is 1. The van der Waals surface area contributed by atoms with E-state index in [0.29, 0.717) is 19.4 Å². The molecular weight excluding hydrogens is 242 g/mol. The van der Waals surface area contributed by atoms with E-state index in [1.165, 1.54) is 4.90 Å². The molecule has 2 rings (SSSR count). The Morgan fingerprint density at radius 2 is 1.89 bits per heavy atom. The highest BCUT2D eigenvalue weighted by Crippen LogP contribution is 2.31. The van der Waals surface area contributed by atoms with Crippen LogP contribution in [0.3, 0.4) is 0 Å². The van der Waals surface area contributed by atoms with Gasteiger partial charge in [-0.3, -0.25) is 0 Å². The maximum atomic E-state index is 11.4. The molecule has 104 valence electrons. The minimum Gasteiger partial charge on any atom is -0.465 e. The third-order valence-electron chi connectivity index (χ3n) is 3.91. The molecule has 0 unspecified atom stereocenters. The first-order valence-corrected chi connectivity index (χ1v) is 6.74. The van der Waals surface area contributed by atoms with Crippen LogP contribution in [0.15, 0.2) is 30.3 Å². The lowest BCUT2D eigenvalue weighted by Crippen LogP contribution is -2.44. The molecule has 1 amide bonds. The molecule has 0 heterocycles. The van der Waals surface area contributed by atoms with Crippen LogP contribution < -0.4 is 0 Å². The predicted octanol–water partition coefficient (Wildman–Crippen LogP) is 2.86. The summed E-state index contributed by atoms with van der Waals surface area (Å²) in [6.07, 6.45) is 1.90. The summed E-state index contributed by atoms with van der Waals surface area (Å²) < 4.78 is 0. The number of carbonyl (C=O) groups is 1. The highest BCUT2D eigenvalue weighted by molar-refractivity contribution is 5.65. The van der Waals surface area contributed by atoms with Gasteiger partial charge in [0.05, 0.1) is 5.60 Å². The van der Waals surface area contributed by atoms with Crippen molar-refractivity contribution in [3.8, 4) is 0 Å². The molecule has 19 heavy (non-hydrogen) atoms. The van der Waals surface area contributed by atoms with Crippen LogP contribution in [0, 0.1) is 0 Å². The third-order valence-corrected chi connectivity index (χ3v) is 3.91. The van der Waals surface area contributed by atoms with Gasteiger partial charge in [0.25, 0.3) is 0 Å². The maximum absolute atomic E-state index is 11.4. The SMILES string of the molecule is C[C@]1(O)CC[C@H](N(Cc2ccccc2)C(=O)O)CC1. The van der Waals surface area contributed by atoms with E-state index in [-0.39, 0.29) is 6.04 Å². The average molecular weight is 263 g/mol. The second-order valence-electron chi connectivity index (χ2n) is 5.62. The molecule has 1 saturated carbocycles. The Morgan fingerprint density at radius 1 is 1.32 bits per heavy atom. The van der Waals surface area contributed by atoms with Gasteiger partial charge in [-0.1, -0.05) is 30.3 Å². The van der Waals surface area contributed by atoms with Gasteiger partial charge in [0, 0.05) is 12.6 Å². The monoisotopic (exact) mass is 263 g/mol. The fraction of sp³-hybridized carbons (Fsp3) is 0.533. The largest absolute Gasteiger partial charge is 0.465 e. The molecule has 0 spiro atoms. The van der Waals surface area contributed by atoms with Gasteiger partial charge in [0.2, 0.25) is 0 Å². The molecule has 2 N–H and O–H groups in total. The molecule has 0 atom stereocenters. The summed E-state index contributed by atoms with van der Waals surface area (Å²) in [5.74, 6) is 0. The van der Waals surface area contributed by atoms with Crippen molar-refractivity contribution in [2.75, 3.05) is 0 Å².